The molecule has 2 heterocycles. The predicted octanol–water partition coefficient (Wildman–Crippen LogP) is 6.15. The maximum atomic E-state index is 13.8. The normalized spacial score (nSPS) is 14.9. The maximum Gasteiger partial charge on any atom is 0.257 e. The first-order valence-corrected chi connectivity index (χ1v) is 13.0. The van der Waals surface area contributed by atoms with Gasteiger partial charge in [0, 0.05) is 15.8 Å². The number of carbonyl (C=O) groups is 2. The minimum atomic E-state index is -0.493. The molecule has 0 spiro atoms. The number of primary amides is 1. The highest BCUT2D eigenvalue weighted by atomic mass is 32.1. The smallest absolute Gasteiger partial charge is 0.257 e. The maximum absolute atomic E-state index is 13.8. The average Bonchev–Trinajstić information content (AvgIpc) is 3.25. The number of nitrogens with zero attached hydrogens (tertiary/aromatic N) is 1. The van der Waals surface area contributed by atoms with Crippen molar-refractivity contribution in [2.45, 2.75) is 39.5 Å². The van der Waals surface area contributed by atoms with E-state index in [2.05, 4.69) is 12.2 Å². The molecule has 1 unspecified atom stereocenters. The van der Waals surface area contributed by atoms with Gasteiger partial charge in [-0.05, 0) is 73.6 Å². The van der Waals surface area contributed by atoms with E-state index < -0.39 is 5.91 Å². The van der Waals surface area contributed by atoms with Gasteiger partial charge in [-0.2, -0.15) is 0 Å². The van der Waals surface area contributed by atoms with E-state index in [1.807, 2.05) is 55.5 Å². The van der Waals surface area contributed by atoms with Gasteiger partial charge in [-0.1, -0.05) is 31.5 Å². The van der Waals surface area contributed by atoms with Crippen LogP contribution in [0.3, 0.4) is 0 Å². The van der Waals surface area contributed by atoms with Gasteiger partial charge in [0.05, 0.1) is 29.4 Å². The van der Waals surface area contributed by atoms with Gasteiger partial charge in [0.15, 0.2) is 0 Å². The number of para-hydroxylation sites is 1. The van der Waals surface area contributed by atoms with Gasteiger partial charge in [0.25, 0.3) is 11.8 Å². The summed E-state index contributed by atoms with van der Waals surface area (Å²) in [5.41, 5.74) is 10.9. The zero-order chi connectivity index (χ0) is 25.4. The second kappa shape index (κ2) is 9.74. The van der Waals surface area contributed by atoms with Crippen LogP contribution in [0.15, 0.2) is 48.5 Å². The summed E-state index contributed by atoms with van der Waals surface area (Å²) >= 11 is 1.49. The number of nitrogens with two attached hydrogens (primary N) is 1. The van der Waals surface area contributed by atoms with Crippen LogP contribution in [0.1, 0.15) is 56.5 Å². The summed E-state index contributed by atoms with van der Waals surface area (Å²) in [6.07, 6.45) is 3.87. The lowest BCUT2D eigenvalue weighted by molar-refractivity contribution is 0.1000. The number of hydrogen-bond donors (Lipinski definition) is 2. The molecule has 36 heavy (non-hydrogen) atoms. The minimum absolute atomic E-state index is 0.269. The van der Waals surface area contributed by atoms with E-state index in [0.717, 1.165) is 69.6 Å². The second-order valence-corrected chi connectivity index (χ2v) is 10.4. The molecular weight excluding hydrogens is 470 g/mol. The van der Waals surface area contributed by atoms with Gasteiger partial charge >= 0.3 is 0 Å². The Bertz CT molecular complexity index is 1470. The van der Waals surface area contributed by atoms with Gasteiger partial charge in [0.1, 0.15) is 10.8 Å². The summed E-state index contributed by atoms with van der Waals surface area (Å²) in [6, 6.07) is 15.3. The van der Waals surface area contributed by atoms with Crippen LogP contribution in [0.25, 0.3) is 22.2 Å². The van der Waals surface area contributed by atoms with Gasteiger partial charge in [0.2, 0.25) is 0 Å². The highest BCUT2D eigenvalue weighted by Gasteiger charge is 2.29. The molecule has 7 heteroatoms. The Morgan fingerprint density at radius 3 is 2.58 bits per heavy atom. The Morgan fingerprint density at radius 2 is 1.89 bits per heavy atom. The number of hydrogen-bond acceptors (Lipinski definition) is 5. The Labute approximate surface area is 214 Å². The summed E-state index contributed by atoms with van der Waals surface area (Å²) in [5.74, 6) is 0.585. The summed E-state index contributed by atoms with van der Waals surface area (Å²) in [4.78, 5) is 32.3. The number of thiophene rings is 1. The topological polar surface area (TPSA) is 94.3 Å². The van der Waals surface area contributed by atoms with Crippen LogP contribution in [0.4, 0.5) is 5.00 Å². The van der Waals surface area contributed by atoms with E-state index in [1.165, 1.54) is 11.3 Å². The second-order valence-electron chi connectivity index (χ2n) is 9.25. The lowest BCUT2D eigenvalue weighted by atomic mass is 9.85. The molecule has 5 rings (SSSR count). The van der Waals surface area contributed by atoms with Gasteiger partial charge in [-0.3, -0.25) is 9.59 Å². The summed E-state index contributed by atoms with van der Waals surface area (Å²) in [7, 11) is 1.63. The number of carbonyl (C=O) groups excluding carboxylic acids is 2. The molecule has 0 bridgehead atoms. The number of rotatable bonds is 6. The van der Waals surface area contributed by atoms with Gasteiger partial charge < -0.3 is 15.8 Å². The summed E-state index contributed by atoms with van der Waals surface area (Å²) < 4.78 is 5.29. The van der Waals surface area contributed by atoms with Crippen LogP contribution >= 0.6 is 11.3 Å². The molecule has 0 aliphatic heterocycles. The fourth-order valence-electron chi connectivity index (χ4n) is 5.15. The number of nitrogens with one attached hydrogen (secondary N) is 1. The van der Waals surface area contributed by atoms with E-state index in [4.69, 9.17) is 15.5 Å². The molecule has 2 aromatic carbocycles. The molecule has 0 saturated heterocycles. The Balaban J connectivity index is 1.60. The average molecular weight is 500 g/mol. The van der Waals surface area contributed by atoms with Crippen molar-refractivity contribution in [1.82, 2.24) is 4.98 Å². The number of methoxy groups -OCH3 is 1. The van der Waals surface area contributed by atoms with Crippen LogP contribution < -0.4 is 15.8 Å². The van der Waals surface area contributed by atoms with Crippen molar-refractivity contribution in [3.05, 3.63) is 75.7 Å². The highest BCUT2D eigenvalue weighted by molar-refractivity contribution is 7.17. The molecule has 2 amide bonds. The van der Waals surface area contributed by atoms with Crippen LogP contribution in [-0.4, -0.2) is 23.9 Å². The predicted molar refractivity (Wildman–Crippen MR) is 145 cm³/mol. The van der Waals surface area contributed by atoms with E-state index in [1.54, 1.807) is 7.11 Å². The van der Waals surface area contributed by atoms with Crippen LogP contribution in [0, 0.1) is 12.8 Å². The molecule has 0 radical (unpaired) electrons. The number of anilines is 1. The van der Waals surface area contributed by atoms with Crippen molar-refractivity contribution in [2.24, 2.45) is 11.7 Å². The van der Waals surface area contributed by atoms with Crippen LogP contribution in [-0.2, 0) is 12.8 Å². The first-order valence-electron chi connectivity index (χ1n) is 12.2. The molecule has 184 valence electrons. The van der Waals surface area contributed by atoms with Crippen molar-refractivity contribution in [2.75, 3.05) is 12.4 Å². The van der Waals surface area contributed by atoms with Crippen molar-refractivity contribution in [1.29, 1.82) is 0 Å². The minimum Gasteiger partial charge on any atom is -0.497 e. The van der Waals surface area contributed by atoms with E-state index in [9.17, 15) is 9.59 Å². The number of pyridine rings is 1. The first kappa shape index (κ1) is 24.0. The third-order valence-corrected chi connectivity index (χ3v) is 8.31. The summed E-state index contributed by atoms with van der Waals surface area (Å²) in [5, 5.41) is 4.36. The molecule has 6 nitrogen and oxygen atoms in total. The Morgan fingerprint density at radius 1 is 1.14 bits per heavy atom. The lowest BCUT2D eigenvalue weighted by Crippen LogP contribution is -2.20. The van der Waals surface area contributed by atoms with E-state index in [-0.39, 0.29) is 5.91 Å². The van der Waals surface area contributed by atoms with Crippen LogP contribution in [0.2, 0.25) is 0 Å². The van der Waals surface area contributed by atoms with Crippen molar-refractivity contribution in [3.63, 3.8) is 0 Å². The SMILES string of the molecule is CCC1CCc2c(sc(NC(=O)c3c(C)c(-c4ccc(OC)cc4)nc4ccccc34)c2C(N)=O)C1. The number of fused-ring (bicyclic) bond motifs is 2. The first-order chi connectivity index (χ1) is 17.4. The molecule has 1 aliphatic carbocycles. The van der Waals surface area contributed by atoms with Crippen molar-refractivity contribution < 1.29 is 14.3 Å². The molecular formula is C29H29N3O3S. The zero-order valence-electron chi connectivity index (χ0n) is 20.7. The number of aromatic nitrogens is 1. The fraction of sp³-hybridized carbons (Fsp3) is 0.276. The van der Waals surface area contributed by atoms with Crippen molar-refractivity contribution in [3.8, 4) is 17.0 Å². The third kappa shape index (κ3) is 4.24. The number of amides is 2. The molecule has 3 N–H and O–H groups in total. The standard InChI is InChI=1S/C29H29N3O3S/c1-4-17-9-14-21-23(15-17)36-29(25(21)27(30)33)32-28(34)24-16(2)26(18-10-12-19(35-3)13-11-18)31-22-8-6-5-7-20(22)24/h5-8,10-13,17H,4,9,14-15H2,1-3H3,(H2,30,33)(H,32,34). The molecule has 1 aliphatic rings. The Kier molecular flexibility index (Phi) is 6.49. The molecule has 4 aromatic rings. The third-order valence-electron chi connectivity index (χ3n) is 7.14. The Hall–Kier alpha value is -3.71. The van der Waals surface area contributed by atoms with Gasteiger partial charge in [-0.25, -0.2) is 4.98 Å². The largest absolute Gasteiger partial charge is 0.497 e. The zero-order valence-corrected chi connectivity index (χ0v) is 21.5. The quantitative estimate of drug-likeness (QED) is 0.333. The monoisotopic (exact) mass is 499 g/mol. The van der Waals surface area contributed by atoms with E-state index >= 15 is 0 Å². The molecule has 2 aromatic heterocycles. The summed E-state index contributed by atoms with van der Waals surface area (Å²) in [6.45, 7) is 4.10. The fourth-order valence-corrected chi connectivity index (χ4v) is 6.51. The lowest BCUT2D eigenvalue weighted by Gasteiger charge is -2.20. The van der Waals surface area contributed by atoms with Crippen molar-refractivity contribution >= 4 is 39.1 Å². The van der Waals surface area contributed by atoms with Crippen LogP contribution in [0.5, 0.6) is 5.75 Å². The number of benzene rings is 2. The molecule has 1 atom stereocenters. The highest BCUT2D eigenvalue weighted by Crippen LogP contribution is 2.41. The number of ether oxygens (including phenoxy) is 1. The van der Waals surface area contributed by atoms with Gasteiger partial charge in [-0.15, -0.1) is 11.3 Å². The molecule has 0 saturated carbocycles. The van der Waals surface area contributed by atoms with E-state index in [0.29, 0.717) is 22.0 Å². The molecule has 0 fully saturated rings.